The summed E-state index contributed by atoms with van der Waals surface area (Å²) in [5.74, 6) is -0.333. The van der Waals surface area contributed by atoms with E-state index in [1.54, 1.807) is 42.5 Å². The molecule has 0 saturated heterocycles. The van der Waals surface area contributed by atoms with Crippen LogP contribution in [0.15, 0.2) is 102 Å². The second-order valence-corrected chi connectivity index (χ2v) is 13.7. The summed E-state index contributed by atoms with van der Waals surface area (Å²) in [4.78, 5) is 29.8. The van der Waals surface area contributed by atoms with E-state index < -0.39 is 34.4 Å². The molecule has 12 heteroatoms. The first-order chi connectivity index (χ1) is 22.4. The Morgan fingerprint density at radius 2 is 1.51 bits per heavy atom. The third-order valence-electron chi connectivity index (χ3n) is 7.34. The minimum Gasteiger partial charge on any atom is -0.497 e. The molecule has 248 valence electrons. The predicted molar refractivity (Wildman–Crippen MR) is 185 cm³/mol. The van der Waals surface area contributed by atoms with E-state index in [9.17, 15) is 18.0 Å². The van der Waals surface area contributed by atoms with E-state index in [0.717, 1.165) is 9.87 Å². The first-order valence-electron chi connectivity index (χ1n) is 14.8. The molecule has 0 saturated carbocycles. The highest BCUT2D eigenvalue weighted by Crippen LogP contribution is 2.33. The lowest BCUT2D eigenvalue weighted by Gasteiger charge is -2.34. The van der Waals surface area contributed by atoms with Crippen LogP contribution in [0.5, 0.6) is 11.5 Å². The summed E-state index contributed by atoms with van der Waals surface area (Å²) in [6.07, 6.45) is 0.163. The molecule has 0 aromatic heterocycles. The maximum atomic E-state index is 14.6. The van der Waals surface area contributed by atoms with Gasteiger partial charge in [0.25, 0.3) is 10.0 Å². The van der Waals surface area contributed by atoms with Crippen LogP contribution in [0.1, 0.15) is 25.0 Å². The van der Waals surface area contributed by atoms with Crippen molar-refractivity contribution in [3.8, 4) is 11.5 Å². The number of carbonyl (C=O) groups is 2. The van der Waals surface area contributed by atoms with Crippen molar-refractivity contribution in [1.29, 1.82) is 0 Å². The van der Waals surface area contributed by atoms with E-state index in [1.165, 1.54) is 43.4 Å². The number of carbonyl (C=O) groups excluding carboxylic acids is 2. The van der Waals surface area contributed by atoms with E-state index in [4.69, 9.17) is 32.7 Å². The SMILES string of the molecule is COc1ccc(S(=O)(=O)N(CC(=O)N(Cc2ccc(Cl)cc2Cl)[C@H](Cc2ccccc2)C(=O)NC(C)C)c2ccccc2OC)cc1. The van der Waals surface area contributed by atoms with Crippen molar-refractivity contribution in [2.24, 2.45) is 0 Å². The van der Waals surface area contributed by atoms with Crippen LogP contribution in [0, 0.1) is 0 Å². The minimum atomic E-state index is -4.34. The van der Waals surface area contributed by atoms with Crippen molar-refractivity contribution in [1.82, 2.24) is 10.2 Å². The molecule has 9 nitrogen and oxygen atoms in total. The van der Waals surface area contributed by atoms with E-state index in [2.05, 4.69) is 5.32 Å². The number of amides is 2. The lowest BCUT2D eigenvalue weighted by atomic mass is 10.0. The van der Waals surface area contributed by atoms with Crippen LogP contribution in [0.3, 0.4) is 0 Å². The summed E-state index contributed by atoms with van der Waals surface area (Å²) in [5.41, 5.74) is 1.49. The number of halogens is 2. The molecule has 0 bridgehead atoms. The molecule has 0 heterocycles. The first-order valence-corrected chi connectivity index (χ1v) is 17.0. The van der Waals surface area contributed by atoms with E-state index in [-0.39, 0.29) is 35.3 Å². The lowest BCUT2D eigenvalue weighted by molar-refractivity contribution is -0.140. The number of benzene rings is 4. The van der Waals surface area contributed by atoms with E-state index in [1.807, 2.05) is 44.2 Å². The van der Waals surface area contributed by atoms with Crippen LogP contribution in [-0.2, 0) is 32.6 Å². The van der Waals surface area contributed by atoms with Crippen LogP contribution >= 0.6 is 23.2 Å². The fourth-order valence-corrected chi connectivity index (χ4v) is 6.89. The molecule has 4 aromatic carbocycles. The van der Waals surface area contributed by atoms with Gasteiger partial charge in [-0.2, -0.15) is 0 Å². The van der Waals surface area contributed by atoms with Gasteiger partial charge >= 0.3 is 0 Å². The number of methoxy groups -OCH3 is 2. The Morgan fingerprint density at radius 3 is 2.13 bits per heavy atom. The van der Waals surface area contributed by atoms with Gasteiger partial charge in [0.1, 0.15) is 24.1 Å². The van der Waals surface area contributed by atoms with Gasteiger partial charge in [0.05, 0.1) is 24.8 Å². The highest BCUT2D eigenvalue weighted by Gasteiger charge is 2.36. The second kappa shape index (κ2) is 16.0. The Morgan fingerprint density at radius 1 is 0.851 bits per heavy atom. The quantitative estimate of drug-likeness (QED) is 0.164. The Bertz CT molecular complexity index is 1790. The maximum absolute atomic E-state index is 14.6. The predicted octanol–water partition coefficient (Wildman–Crippen LogP) is 6.37. The molecular weight excluding hydrogens is 661 g/mol. The average Bonchev–Trinajstić information content (AvgIpc) is 3.06. The van der Waals surface area contributed by atoms with Crippen LogP contribution in [0.4, 0.5) is 5.69 Å². The van der Waals surface area contributed by atoms with Gasteiger partial charge in [-0.05, 0) is 73.5 Å². The number of rotatable bonds is 14. The van der Waals surface area contributed by atoms with Gasteiger partial charge in [-0.1, -0.05) is 71.7 Å². The zero-order valence-electron chi connectivity index (χ0n) is 26.5. The molecule has 0 spiro atoms. The lowest BCUT2D eigenvalue weighted by Crippen LogP contribution is -2.54. The van der Waals surface area contributed by atoms with E-state index in [0.29, 0.717) is 21.4 Å². The van der Waals surface area contributed by atoms with Crippen LogP contribution < -0.4 is 19.1 Å². The molecule has 47 heavy (non-hydrogen) atoms. The number of ether oxygens (including phenoxy) is 2. The number of anilines is 1. The van der Waals surface area contributed by atoms with Gasteiger partial charge < -0.3 is 19.7 Å². The number of hydrogen-bond donors (Lipinski definition) is 1. The van der Waals surface area contributed by atoms with Crippen LogP contribution in [0.2, 0.25) is 10.0 Å². The van der Waals surface area contributed by atoms with Crippen LogP contribution in [0.25, 0.3) is 0 Å². The molecule has 4 aromatic rings. The highest BCUT2D eigenvalue weighted by atomic mass is 35.5. The summed E-state index contributed by atoms with van der Waals surface area (Å²) in [7, 11) is -1.45. The Labute approximate surface area is 286 Å². The van der Waals surface area contributed by atoms with Crippen molar-refractivity contribution in [2.45, 2.75) is 43.8 Å². The third-order valence-corrected chi connectivity index (χ3v) is 9.70. The summed E-state index contributed by atoms with van der Waals surface area (Å²) >= 11 is 12.7. The van der Waals surface area contributed by atoms with Crippen LogP contribution in [-0.4, -0.2) is 58.0 Å². The smallest absolute Gasteiger partial charge is 0.264 e. The minimum absolute atomic E-state index is 0.0670. The summed E-state index contributed by atoms with van der Waals surface area (Å²) in [6, 6.07) is 25.3. The molecule has 0 aliphatic carbocycles. The molecule has 4 rings (SSSR count). The summed E-state index contributed by atoms with van der Waals surface area (Å²) in [6.45, 7) is 2.90. The maximum Gasteiger partial charge on any atom is 0.264 e. The molecule has 1 atom stereocenters. The topological polar surface area (TPSA) is 105 Å². The number of para-hydroxylation sites is 2. The van der Waals surface area contributed by atoms with Gasteiger partial charge in [0.15, 0.2) is 0 Å². The van der Waals surface area contributed by atoms with Gasteiger partial charge in [0, 0.05) is 29.1 Å². The van der Waals surface area contributed by atoms with Crippen molar-refractivity contribution >= 4 is 50.7 Å². The molecule has 0 unspecified atom stereocenters. The Kier molecular flexibility index (Phi) is 12.1. The third kappa shape index (κ3) is 8.97. The number of nitrogens with zero attached hydrogens (tertiary/aromatic N) is 2. The fraction of sp³-hybridized carbons (Fsp3) is 0.257. The standard InChI is InChI=1S/C35H37Cl2N3O6S/c1-24(2)38-35(42)32(20-25-10-6-5-7-11-25)39(22-26-14-15-27(36)21-30(26)37)34(41)23-40(31-12-8-9-13-33(31)46-4)47(43,44)29-18-16-28(45-3)17-19-29/h5-19,21,24,32H,20,22-23H2,1-4H3,(H,38,42)/t32-/m1/s1. The number of nitrogens with one attached hydrogen (secondary N) is 1. The van der Waals surface area contributed by atoms with Gasteiger partial charge in [-0.3, -0.25) is 13.9 Å². The van der Waals surface area contributed by atoms with Crippen molar-refractivity contribution in [2.75, 3.05) is 25.1 Å². The summed E-state index contributed by atoms with van der Waals surface area (Å²) < 4.78 is 40.3. The van der Waals surface area contributed by atoms with E-state index >= 15 is 0 Å². The zero-order valence-corrected chi connectivity index (χ0v) is 28.9. The van der Waals surface area contributed by atoms with Gasteiger partial charge in [0.2, 0.25) is 11.8 Å². The van der Waals surface area contributed by atoms with Crippen molar-refractivity contribution < 1.29 is 27.5 Å². The zero-order chi connectivity index (χ0) is 34.1. The van der Waals surface area contributed by atoms with Crippen molar-refractivity contribution in [3.63, 3.8) is 0 Å². The number of sulfonamides is 1. The van der Waals surface area contributed by atoms with Crippen molar-refractivity contribution in [3.05, 3.63) is 118 Å². The second-order valence-electron chi connectivity index (χ2n) is 11.0. The molecule has 0 aliphatic heterocycles. The van der Waals surface area contributed by atoms with Gasteiger partial charge in [-0.15, -0.1) is 0 Å². The largest absolute Gasteiger partial charge is 0.497 e. The molecular formula is C35H37Cl2N3O6S. The Hall–Kier alpha value is -4.25. The molecule has 0 fully saturated rings. The molecule has 0 aliphatic rings. The van der Waals surface area contributed by atoms with Gasteiger partial charge in [-0.25, -0.2) is 8.42 Å². The normalized spacial score (nSPS) is 11.9. The number of hydrogen-bond acceptors (Lipinski definition) is 6. The first kappa shape index (κ1) is 35.6. The molecule has 1 N–H and O–H groups in total. The monoisotopic (exact) mass is 697 g/mol. The highest BCUT2D eigenvalue weighted by molar-refractivity contribution is 7.92. The molecule has 0 radical (unpaired) electrons. The fourth-order valence-electron chi connectivity index (χ4n) is 4.99. The molecule has 2 amide bonds. The average molecular weight is 699 g/mol. The Balaban J connectivity index is 1.85. The summed E-state index contributed by atoms with van der Waals surface area (Å²) in [5, 5.41) is 3.63.